The van der Waals surface area contributed by atoms with Gasteiger partial charge in [0.1, 0.15) is 11.6 Å². The average Bonchev–Trinajstić information content (AvgIpc) is 3.42. The van der Waals surface area contributed by atoms with Crippen LogP contribution in [0.15, 0.2) is 78.9 Å². The SMILES string of the molecule is COc1cc(C(=N)N)ccc1CNC(=O)[C@H]1NCCC1C(=O)[C@@H](N)C(c1ccccc1)c1ccccc1. The van der Waals surface area contributed by atoms with Gasteiger partial charge in [0.25, 0.3) is 0 Å². The van der Waals surface area contributed by atoms with Crippen molar-refractivity contribution >= 4 is 17.5 Å². The zero-order valence-corrected chi connectivity index (χ0v) is 20.8. The van der Waals surface area contributed by atoms with Gasteiger partial charge in [-0.3, -0.25) is 15.0 Å². The number of benzene rings is 3. The van der Waals surface area contributed by atoms with Crippen molar-refractivity contribution < 1.29 is 14.3 Å². The van der Waals surface area contributed by atoms with Gasteiger partial charge in [-0.1, -0.05) is 72.8 Å². The third kappa shape index (κ3) is 5.87. The molecule has 1 saturated heterocycles. The van der Waals surface area contributed by atoms with Gasteiger partial charge < -0.3 is 26.8 Å². The smallest absolute Gasteiger partial charge is 0.238 e. The summed E-state index contributed by atoms with van der Waals surface area (Å²) < 4.78 is 5.41. The summed E-state index contributed by atoms with van der Waals surface area (Å²) in [7, 11) is 1.52. The molecule has 37 heavy (non-hydrogen) atoms. The van der Waals surface area contributed by atoms with Crippen LogP contribution in [-0.4, -0.2) is 43.3 Å². The van der Waals surface area contributed by atoms with Gasteiger partial charge in [0.15, 0.2) is 5.78 Å². The van der Waals surface area contributed by atoms with Crippen LogP contribution >= 0.6 is 0 Å². The highest BCUT2D eigenvalue weighted by atomic mass is 16.5. The highest BCUT2D eigenvalue weighted by Crippen LogP contribution is 2.31. The molecule has 3 aromatic carbocycles. The van der Waals surface area contributed by atoms with E-state index in [1.807, 2.05) is 60.7 Å². The monoisotopic (exact) mass is 499 g/mol. The molecule has 1 heterocycles. The van der Waals surface area contributed by atoms with Crippen LogP contribution in [0.3, 0.4) is 0 Å². The Labute approximate surface area is 216 Å². The van der Waals surface area contributed by atoms with Crippen LogP contribution in [0.2, 0.25) is 0 Å². The van der Waals surface area contributed by atoms with Crippen molar-refractivity contribution in [2.24, 2.45) is 17.4 Å². The number of ether oxygens (including phenoxy) is 1. The summed E-state index contributed by atoms with van der Waals surface area (Å²) in [6.07, 6.45) is 0.539. The number of Topliss-reactive ketones (excluding diaryl/α,β-unsaturated/α-hetero) is 1. The minimum atomic E-state index is -0.802. The van der Waals surface area contributed by atoms with Crippen LogP contribution in [0.1, 0.15) is 34.6 Å². The summed E-state index contributed by atoms with van der Waals surface area (Å²) in [6, 6.07) is 23.2. The molecular formula is C29H33N5O3. The lowest BCUT2D eigenvalue weighted by Gasteiger charge is -2.28. The van der Waals surface area contributed by atoms with Gasteiger partial charge >= 0.3 is 0 Å². The summed E-state index contributed by atoms with van der Waals surface area (Å²) in [5.74, 6) is -0.792. The second-order valence-corrected chi connectivity index (χ2v) is 9.21. The predicted molar refractivity (Wildman–Crippen MR) is 143 cm³/mol. The van der Waals surface area contributed by atoms with E-state index in [-0.39, 0.29) is 30.0 Å². The van der Waals surface area contributed by atoms with Crippen molar-refractivity contribution in [3.05, 3.63) is 101 Å². The molecule has 0 aliphatic carbocycles. The van der Waals surface area contributed by atoms with E-state index in [2.05, 4.69) is 10.6 Å². The Hall–Kier alpha value is -4.01. The standard InChI is InChI=1S/C29H33N5O3/c1-37-23-16-20(28(31)32)12-13-21(23)17-34-29(36)26-22(14-15-33-26)27(35)25(30)24(18-8-4-2-5-9-18)19-10-6-3-7-11-19/h2-13,16,22,24-26,33H,14-15,17,30H2,1H3,(H3,31,32)(H,34,36)/t22?,25-,26-/m0/s1. The molecule has 8 heteroatoms. The van der Waals surface area contributed by atoms with Gasteiger partial charge in [0.2, 0.25) is 5.91 Å². The van der Waals surface area contributed by atoms with E-state index in [4.69, 9.17) is 21.6 Å². The van der Waals surface area contributed by atoms with Crippen molar-refractivity contribution in [3.63, 3.8) is 0 Å². The Morgan fingerprint density at radius 1 is 1.05 bits per heavy atom. The Morgan fingerprint density at radius 2 is 1.68 bits per heavy atom. The maximum absolute atomic E-state index is 13.7. The zero-order valence-electron chi connectivity index (χ0n) is 20.8. The summed E-state index contributed by atoms with van der Waals surface area (Å²) in [4.78, 5) is 26.9. The van der Waals surface area contributed by atoms with Gasteiger partial charge in [0, 0.05) is 29.5 Å². The molecule has 7 N–H and O–H groups in total. The van der Waals surface area contributed by atoms with Crippen molar-refractivity contribution in [2.75, 3.05) is 13.7 Å². The first-order valence-corrected chi connectivity index (χ1v) is 12.3. The summed E-state index contributed by atoms with van der Waals surface area (Å²) in [6.45, 7) is 0.765. The normalized spacial score (nSPS) is 17.8. The lowest BCUT2D eigenvalue weighted by atomic mass is 9.79. The molecule has 8 nitrogen and oxygen atoms in total. The van der Waals surface area contributed by atoms with E-state index >= 15 is 0 Å². The molecule has 3 aromatic rings. The number of hydrogen-bond acceptors (Lipinski definition) is 6. The molecule has 1 aliphatic rings. The van der Waals surface area contributed by atoms with E-state index < -0.39 is 18.0 Å². The van der Waals surface area contributed by atoms with Gasteiger partial charge in [-0.15, -0.1) is 0 Å². The number of nitrogen functional groups attached to an aromatic ring is 1. The Morgan fingerprint density at radius 3 is 2.24 bits per heavy atom. The maximum Gasteiger partial charge on any atom is 0.238 e. The zero-order chi connectivity index (χ0) is 26.4. The molecule has 4 rings (SSSR count). The minimum Gasteiger partial charge on any atom is -0.496 e. The number of carbonyl (C=O) groups is 2. The van der Waals surface area contributed by atoms with Crippen LogP contribution in [-0.2, 0) is 16.1 Å². The predicted octanol–water partition coefficient (Wildman–Crippen LogP) is 2.30. The van der Waals surface area contributed by atoms with Crippen molar-refractivity contribution in [1.82, 2.24) is 10.6 Å². The largest absolute Gasteiger partial charge is 0.496 e. The Bertz CT molecular complexity index is 1210. The van der Waals surface area contributed by atoms with E-state index in [9.17, 15) is 9.59 Å². The van der Waals surface area contributed by atoms with Crippen molar-refractivity contribution in [2.45, 2.75) is 31.0 Å². The number of amidine groups is 1. The summed E-state index contributed by atoms with van der Waals surface area (Å²) in [5, 5.41) is 13.7. The highest BCUT2D eigenvalue weighted by molar-refractivity contribution is 5.96. The molecule has 0 bridgehead atoms. The number of carbonyl (C=O) groups excluding carboxylic acids is 2. The molecule has 0 aromatic heterocycles. The molecule has 1 amide bonds. The second-order valence-electron chi connectivity index (χ2n) is 9.21. The number of rotatable bonds is 10. The van der Waals surface area contributed by atoms with Gasteiger partial charge in [-0.2, -0.15) is 0 Å². The van der Waals surface area contributed by atoms with Gasteiger partial charge in [-0.05, 0) is 30.2 Å². The van der Waals surface area contributed by atoms with Gasteiger partial charge in [0.05, 0.1) is 19.2 Å². The summed E-state index contributed by atoms with van der Waals surface area (Å²) in [5.41, 5.74) is 15.4. The van der Waals surface area contributed by atoms with Crippen LogP contribution in [0.4, 0.5) is 0 Å². The van der Waals surface area contributed by atoms with E-state index in [0.29, 0.717) is 24.3 Å². The fraction of sp³-hybridized carbons (Fsp3) is 0.276. The summed E-state index contributed by atoms with van der Waals surface area (Å²) >= 11 is 0. The first-order chi connectivity index (χ1) is 17.9. The van der Waals surface area contributed by atoms with E-state index in [0.717, 1.165) is 16.7 Å². The molecule has 1 aliphatic heterocycles. The van der Waals surface area contributed by atoms with E-state index in [1.165, 1.54) is 7.11 Å². The molecule has 3 atom stereocenters. The van der Waals surface area contributed by atoms with E-state index in [1.54, 1.807) is 18.2 Å². The molecule has 1 unspecified atom stereocenters. The van der Waals surface area contributed by atoms with Crippen LogP contribution < -0.4 is 26.8 Å². The molecule has 0 saturated carbocycles. The quantitative estimate of drug-likeness (QED) is 0.214. The van der Waals surface area contributed by atoms with Gasteiger partial charge in [-0.25, -0.2) is 0 Å². The Kier molecular flexibility index (Phi) is 8.32. The topological polar surface area (TPSA) is 143 Å². The second kappa shape index (κ2) is 11.8. The molecule has 1 fully saturated rings. The molecular weight excluding hydrogens is 466 g/mol. The molecule has 192 valence electrons. The minimum absolute atomic E-state index is 0.0638. The lowest BCUT2D eigenvalue weighted by molar-refractivity contribution is -0.131. The number of nitrogens with two attached hydrogens (primary N) is 2. The first kappa shape index (κ1) is 26.1. The Balaban J connectivity index is 1.49. The third-order valence-corrected chi connectivity index (χ3v) is 6.93. The van der Waals surface area contributed by atoms with Crippen molar-refractivity contribution in [1.29, 1.82) is 5.41 Å². The average molecular weight is 500 g/mol. The first-order valence-electron chi connectivity index (χ1n) is 12.3. The highest BCUT2D eigenvalue weighted by Gasteiger charge is 2.41. The number of amides is 1. The van der Waals surface area contributed by atoms with Crippen molar-refractivity contribution in [3.8, 4) is 5.75 Å². The number of methoxy groups -OCH3 is 1. The fourth-order valence-corrected chi connectivity index (χ4v) is 4.97. The number of hydrogen-bond donors (Lipinski definition) is 5. The molecule has 0 spiro atoms. The van der Waals surface area contributed by atoms with Crippen LogP contribution in [0, 0.1) is 11.3 Å². The van der Waals surface area contributed by atoms with Crippen LogP contribution in [0.25, 0.3) is 0 Å². The van der Waals surface area contributed by atoms with Crippen LogP contribution in [0.5, 0.6) is 5.75 Å². The fourth-order valence-electron chi connectivity index (χ4n) is 4.97. The lowest BCUT2D eigenvalue weighted by Crippen LogP contribution is -2.50. The molecule has 0 radical (unpaired) electrons. The maximum atomic E-state index is 13.7. The number of nitrogens with one attached hydrogen (secondary N) is 3. The number of ketones is 1. The third-order valence-electron chi connectivity index (χ3n) is 6.93.